The third-order valence-corrected chi connectivity index (χ3v) is 3.26. The zero-order valence-electron chi connectivity index (χ0n) is 12.1. The van der Waals surface area contributed by atoms with E-state index < -0.39 is 68.0 Å². The molecule has 0 aromatic heterocycles. The van der Waals surface area contributed by atoms with Crippen LogP contribution in [-0.2, 0) is 4.79 Å². The van der Waals surface area contributed by atoms with E-state index in [4.69, 9.17) is 21.1 Å². The number of primary amides is 1. The molecule has 0 aliphatic heterocycles. The number of carbonyl (C=O) groups excluding carboxylic acids is 1. The van der Waals surface area contributed by atoms with Crippen molar-refractivity contribution in [2.24, 2.45) is 5.73 Å². The smallest absolute Gasteiger partial charge is 0.267 e. The minimum absolute atomic E-state index is 0.814. The first-order chi connectivity index (χ1) is 10.5. The van der Waals surface area contributed by atoms with Crippen molar-refractivity contribution < 1.29 is 50.8 Å². The van der Waals surface area contributed by atoms with E-state index in [1.165, 1.54) is 0 Å². The summed E-state index contributed by atoms with van der Waals surface area (Å²) in [5, 5.41) is 85.8. The molecule has 0 spiro atoms. The number of aliphatic hydroxyl groups is 9. The summed E-state index contributed by atoms with van der Waals surface area (Å²) in [4.78, 5) is 11.2. The van der Waals surface area contributed by atoms with E-state index in [-0.39, 0.29) is 0 Å². The number of hydrogen-bond donors (Lipinski definition) is 11. The van der Waals surface area contributed by atoms with Crippen LogP contribution < -0.4 is 11.1 Å². The summed E-state index contributed by atoms with van der Waals surface area (Å²) in [6.07, 6.45) is -11.7. The minimum Gasteiger partial charge on any atom is -0.394 e. The molecule has 12 heteroatoms. The van der Waals surface area contributed by atoms with Crippen LogP contribution in [0, 0.1) is 0 Å². The number of hydrogen-bond acceptors (Lipinski definition) is 11. The van der Waals surface area contributed by atoms with E-state index in [1.807, 2.05) is 5.32 Å². The Bertz CT molecular complexity index is 373. The summed E-state index contributed by atoms with van der Waals surface area (Å²) in [6, 6.07) is 0. The van der Waals surface area contributed by atoms with Crippen molar-refractivity contribution in [2.45, 2.75) is 42.3 Å². The zero-order chi connectivity index (χ0) is 18.4. The SMILES string of the molecule is NC(=O)[C@](O)(NC[C@H](O)[C@@H](O)[C@H](O)[C@H](O)CO)[C@H](O)[C@H](O)CO. The van der Waals surface area contributed by atoms with Crippen molar-refractivity contribution in [1.82, 2.24) is 5.32 Å². The molecule has 0 heterocycles. The summed E-state index contributed by atoms with van der Waals surface area (Å²) in [5.74, 6) is -1.55. The third-order valence-electron chi connectivity index (χ3n) is 3.26. The summed E-state index contributed by atoms with van der Waals surface area (Å²) in [6.45, 7) is -2.72. The lowest BCUT2D eigenvalue weighted by atomic mass is 9.99. The number of carbonyl (C=O) groups is 1. The molecular weight excluding hydrogens is 320 g/mol. The Hall–Kier alpha value is -0.930. The molecule has 0 fully saturated rings. The van der Waals surface area contributed by atoms with Gasteiger partial charge < -0.3 is 51.7 Å². The van der Waals surface area contributed by atoms with Crippen molar-refractivity contribution >= 4 is 5.91 Å². The number of nitrogens with two attached hydrogens (primary N) is 1. The molecule has 0 aromatic rings. The third kappa shape index (κ3) is 5.58. The Morgan fingerprint density at radius 3 is 1.74 bits per heavy atom. The molecule has 0 aliphatic rings. The standard InChI is InChI=1S/C11H24N2O10/c12-10(22)11(23,9(21)6(18)3-15)13-1-4(16)7(19)8(20)5(17)2-14/h4-9,13-21,23H,1-3H2,(H2,12,22)/t4-,5+,6+,7+,8+,9+,11-/m0/s1. The van der Waals surface area contributed by atoms with Crippen LogP contribution in [0.1, 0.15) is 0 Å². The fourth-order valence-electron chi connectivity index (χ4n) is 1.66. The van der Waals surface area contributed by atoms with Crippen LogP contribution in [0.5, 0.6) is 0 Å². The molecule has 23 heavy (non-hydrogen) atoms. The fraction of sp³-hybridized carbons (Fsp3) is 0.909. The van der Waals surface area contributed by atoms with E-state index in [2.05, 4.69) is 0 Å². The van der Waals surface area contributed by atoms with Crippen LogP contribution in [0.25, 0.3) is 0 Å². The maximum absolute atomic E-state index is 11.2. The van der Waals surface area contributed by atoms with Gasteiger partial charge in [0.2, 0.25) is 5.72 Å². The predicted octanol–water partition coefficient (Wildman–Crippen LogP) is -7.10. The number of aliphatic hydroxyl groups excluding tert-OH is 8. The van der Waals surface area contributed by atoms with Gasteiger partial charge in [-0.3, -0.25) is 10.1 Å². The van der Waals surface area contributed by atoms with Crippen molar-refractivity contribution in [3.05, 3.63) is 0 Å². The van der Waals surface area contributed by atoms with Gasteiger partial charge in [-0.2, -0.15) is 0 Å². The van der Waals surface area contributed by atoms with Gasteiger partial charge in [-0.25, -0.2) is 0 Å². The monoisotopic (exact) mass is 344 g/mol. The molecule has 1 amide bonds. The Morgan fingerprint density at radius 2 is 1.35 bits per heavy atom. The van der Waals surface area contributed by atoms with E-state index in [9.17, 15) is 35.4 Å². The molecule has 0 bridgehead atoms. The molecule has 138 valence electrons. The largest absolute Gasteiger partial charge is 0.394 e. The number of nitrogens with one attached hydrogen (secondary N) is 1. The van der Waals surface area contributed by atoms with Crippen molar-refractivity contribution in [3.63, 3.8) is 0 Å². The minimum atomic E-state index is -2.95. The van der Waals surface area contributed by atoms with Gasteiger partial charge in [-0.05, 0) is 0 Å². The first-order valence-electron chi connectivity index (χ1n) is 6.60. The van der Waals surface area contributed by atoms with Crippen LogP contribution >= 0.6 is 0 Å². The van der Waals surface area contributed by atoms with Gasteiger partial charge in [0, 0.05) is 6.54 Å². The number of rotatable bonds is 11. The van der Waals surface area contributed by atoms with Crippen molar-refractivity contribution in [1.29, 1.82) is 0 Å². The van der Waals surface area contributed by atoms with Gasteiger partial charge in [-0.15, -0.1) is 0 Å². The average molecular weight is 344 g/mol. The van der Waals surface area contributed by atoms with Gasteiger partial charge in [0.25, 0.3) is 5.91 Å². The van der Waals surface area contributed by atoms with Gasteiger partial charge in [-0.1, -0.05) is 0 Å². The normalized spacial score (nSPS) is 22.5. The molecule has 0 aliphatic carbocycles. The lowest BCUT2D eigenvalue weighted by molar-refractivity contribution is -0.176. The van der Waals surface area contributed by atoms with Crippen LogP contribution in [0.15, 0.2) is 0 Å². The quantitative estimate of drug-likeness (QED) is 0.157. The Kier molecular flexibility index (Phi) is 9.01. The highest BCUT2D eigenvalue weighted by Gasteiger charge is 2.46. The molecule has 7 atom stereocenters. The van der Waals surface area contributed by atoms with E-state index in [0.717, 1.165) is 0 Å². The van der Waals surface area contributed by atoms with E-state index in [0.29, 0.717) is 0 Å². The molecule has 0 radical (unpaired) electrons. The summed E-state index contributed by atoms with van der Waals surface area (Å²) < 4.78 is 0. The Morgan fingerprint density at radius 1 is 0.913 bits per heavy atom. The molecular formula is C11H24N2O10. The summed E-state index contributed by atoms with van der Waals surface area (Å²) >= 11 is 0. The highest BCUT2D eigenvalue weighted by molar-refractivity contribution is 5.83. The first-order valence-corrected chi connectivity index (χ1v) is 6.60. The zero-order valence-corrected chi connectivity index (χ0v) is 12.1. The highest BCUT2D eigenvalue weighted by atomic mass is 16.4. The van der Waals surface area contributed by atoms with Crippen LogP contribution in [0.3, 0.4) is 0 Å². The van der Waals surface area contributed by atoms with Crippen molar-refractivity contribution in [2.75, 3.05) is 19.8 Å². The highest BCUT2D eigenvalue weighted by Crippen LogP contribution is 2.12. The molecule has 12 nitrogen and oxygen atoms in total. The van der Waals surface area contributed by atoms with Gasteiger partial charge in [0.15, 0.2) is 0 Å². The second-order valence-electron chi connectivity index (χ2n) is 5.00. The molecule has 0 unspecified atom stereocenters. The van der Waals surface area contributed by atoms with Crippen LogP contribution in [0.4, 0.5) is 0 Å². The second-order valence-corrected chi connectivity index (χ2v) is 5.00. The van der Waals surface area contributed by atoms with Crippen LogP contribution in [0.2, 0.25) is 0 Å². The van der Waals surface area contributed by atoms with E-state index >= 15 is 0 Å². The summed E-state index contributed by atoms with van der Waals surface area (Å²) in [5.41, 5.74) is 1.93. The maximum Gasteiger partial charge on any atom is 0.267 e. The topological polar surface area (TPSA) is 237 Å². The predicted molar refractivity (Wildman–Crippen MR) is 72.4 cm³/mol. The fourth-order valence-corrected chi connectivity index (χ4v) is 1.66. The van der Waals surface area contributed by atoms with Gasteiger partial charge in [0.1, 0.15) is 30.5 Å². The average Bonchev–Trinajstić information content (AvgIpc) is 2.55. The number of amides is 1. The maximum atomic E-state index is 11.2. The lowest BCUT2D eigenvalue weighted by Crippen LogP contribution is -2.68. The second kappa shape index (κ2) is 9.39. The molecule has 0 saturated carbocycles. The molecule has 0 rings (SSSR count). The Labute approximate surface area is 131 Å². The van der Waals surface area contributed by atoms with Gasteiger partial charge in [0.05, 0.1) is 19.3 Å². The first kappa shape index (κ1) is 22.1. The lowest BCUT2D eigenvalue weighted by Gasteiger charge is -2.34. The molecule has 0 aromatic carbocycles. The van der Waals surface area contributed by atoms with E-state index in [1.54, 1.807) is 0 Å². The van der Waals surface area contributed by atoms with Crippen LogP contribution in [-0.4, -0.2) is 114 Å². The Balaban J connectivity index is 4.90. The molecule has 12 N–H and O–H groups in total. The molecule has 0 saturated heterocycles. The summed E-state index contributed by atoms with van der Waals surface area (Å²) in [7, 11) is 0. The van der Waals surface area contributed by atoms with Gasteiger partial charge >= 0.3 is 0 Å². The van der Waals surface area contributed by atoms with Crippen molar-refractivity contribution in [3.8, 4) is 0 Å².